The van der Waals surface area contributed by atoms with Crippen LogP contribution in [0.1, 0.15) is 16.7 Å². The number of benzene rings is 2. The maximum atomic E-state index is 12.0. The molecular formula is C16H9ClN2O. The predicted octanol–water partition coefficient (Wildman–Crippen LogP) is 3.70. The summed E-state index contributed by atoms with van der Waals surface area (Å²) in [6, 6.07) is 14.5. The number of amides is 1. The highest BCUT2D eigenvalue weighted by Gasteiger charge is 2.23. The Kier molecular flexibility index (Phi) is 3.02. The van der Waals surface area contributed by atoms with Crippen LogP contribution >= 0.6 is 11.6 Å². The first-order valence-corrected chi connectivity index (χ1v) is 6.38. The molecule has 2 aromatic carbocycles. The smallest absolute Gasteiger partial charge is 0.256 e. The average molecular weight is 281 g/mol. The van der Waals surface area contributed by atoms with Gasteiger partial charge in [0.2, 0.25) is 0 Å². The van der Waals surface area contributed by atoms with Gasteiger partial charge < -0.3 is 5.32 Å². The summed E-state index contributed by atoms with van der Waals surface area (Å²) in [5, 5.41) is 12.3. The van der Waals surface area contributed by atoms with Crippen molar-refractivity contribution in [3.05, 3.63) is 64.2 Å². The number of halogens is 1. The molecule has 0 atom stereocenters. The van der Waals surface area contributed by atoms with Gasteiger partial charge in [-0.25, -0.2) is 0 Å². The predicted molar refractivity (Wildman–Crippen MR) is 79.1 cm³/mol. The van der Waals surface area contributed by atoms with Crippen LogP contribution in [0.3, 0.4) is 0 Å². The number of anilines is 1. The van der Waals surface area contributed by atoms with Crippen molar-refractivity contribution >= 4 is 34.8 Å². The Morgan fingerprint density at radius 1 is 1.20 bits per heavy atom. The molecule has 1 heterocycles. The molecule has 0 aromatic heterocycles. The molecule has 4 heteroatoms. The van der Waals surface area contributed by atoms with E-state index >= 15 is 0 Å². The maximum Gasteiger partial charge on any atom is 0.256 e. The summed E-state index contributed by atoms with van der Waals surface area (Å²) < 4.78 is 0. The van der Waals surface area contributed by atoms with Gasteiger partial charge in [0.05, 0.1) is 17.3 Å². The van der Waals surface area contributed by atoms with Gasteiger partial charge in [-0.3, -0.25) is 4.79 Å². The second-order valence-corrected chi connectivity index (χ2v) is 4.88. The van der Waals surface area contributed by atoms with Crippen LogP contribution in [0, 0.1) is 11.3 Å². The topological polar surface area (TPSA) is 52.9 Å². The van der Waals surface area contributed by atoms with Crippen molar-refractivity contribution in [2.24, 2.45) is 0 Å². The molecule has 1 aliphatic heterocycles. The van der Waals surface area contributed by atoms with Crippen molar-refractivity contribution in [1.82, 2.24) is 0 Å². The van der Waals surface area contributed by atoms with Gasteiger partial charge in [-0.1, -0.05) is 29.8 Å². The molecule has 2 aromatic rings. The number of nitrogens with one attached hydrogen (secondary N) is 1. The summed E-state index contributed by atoms with van der Waals surface area (Å²) in [5.74, 6) is -0.162. The molecule has 0 bridgehead atoms. The highest BCUT2D eigenvalue weighted by molar-refractivity contribution is 6.36. The fourth-order valence-electron chi connectivity index (χ4n) is 2.17. The zero-order valence-corrected chi connectivity index (χ0v) is 11.1. The molecular weight excluding hydrogens is 272 g/mol. The summed E-state index contributed by atoms with van der Waals surface area (Å²) in [4.78, 5) is 12.0. The Bertz CT molecular complexity index is 787. The number of rotatable bonds is 1. The molecule has 0 saturated carbocycles. The van der Waals surface area contributed by atoms with Gasteiger partial charge in [0, 0.05) is 16.2 Å². The Labute approximate surface area is 121 Å². The lowest BCUT2D eigenvalue weighted by Crippen LogP contribution is -2.03. The molecule has 96 valence electrons. The molecule has 3 nitrogen and oxygen atoms in total. The van der Waals surface area contributed by atoms with E-state index in [4.69, 9.17) is 16.9 Å². The Hall–Kier alpha value is -2.57. The van der Waals surface area contributed by atoms with Crippen molar-refractivity contribution in [1.29, 1.82) is 5.26 Å². The van der Waals surface area contributed by atoms with E-state index in [1.54, 1.807) is 36.4 Å². The number of carbonyl (C=O) groups excluding carboxylic acids is 1. The molecule has 20 heavy (non-hydrogen) atoms. The minimum atomic E-state index is -0.162. The van der Waals surface area contributed by atoms with Crippen molar-refractivity contribution in [3.63, 3.8) is 0 Å². The zero-order chi connectivity index (χ0) is 14.1. The van der Waals surface area contributed by atoms with E-state index in [2.05, 4.69) is 11.4 Å². The number of hydrogen-bond donors (Lipinski definition) is 1. The van der Waals surface area contributed by atoms with Crippen LogP contribution in [0.25, 0.3) is 11.6 Å². The Morgan fingerprint density at radius 2 is 2.05 bits per heavy atom. The molecule has 0 fully saturated rings. The van der Waals surface area contributed by atoms with Crippen LogP contribution < -0.4 is 5.32 Å². The average Bonchev–Trinajstić information content (AvgIpc) is 2.74. The van der Waals surface area contributed by atoms with Crippen LogP contribution in [0.4, 0.5) is 5.69 Å². The summed E-state index contributed by atoms with van der Waals surface area (Å²) >= 11 is 5.91. The fraction of sp³-hybridized carbons (Fsp3) is 0. The second-order valence-electron chi connectivity index (χ2n) is 4.44. The third kappa shape index (κ3) is 2.18. The number of carbonyl (C=O) groups is 1. The van der Waals surface area contributed by atoms with E-state index in [0.717, 1.165) is 11.1 Å². The molecule has 0 radical (unpaired) electrons. The molecule has 0 saturated heterocycles. The molecule has 1 amide bonds. The van der Waals surface area contributed by atoms with Crippen LogP contribution in [0.15, 0.2) is 42.5 Å². The molecule has 1 aliphatic rings. The van der Waals surface area contributed by atoms with Gasteiger partial charge in [-0.2, -0.15) is 5.26 Å². The van der Waals surface area contributed by atoms with Crippen molar-refractivity contribution < 1.29 is 4.79 Å². The van der Waals surface area contributed by atoms with Crippen molar-refractivity contribution in [2.75, 3.05) is 5.32 Å². The van der Waals surface area contributed by atoms with Crippen LogP contribution in [0.2, 0.25) is 5.02 Å². The first-order chi connectivity index (χ1) is 9.67. The zero-order valence-electron chi connectivity index (χ0n) is 10.4. The Balaban J connectivity index is 2.09. The highest BCUT2D eigenvalue weighted by Crippen LogP contribution is 2.34. The lowest BCUT2D eigenvalue weighted by atomic mass is 10.0. The SMILES string of the molecule is N#Cc1cccc(/C=C2\C(=O)Nc3cc(Cl)ccc32)c1. The van der Waals surface area contributed by atoms with Gasteiger partial charge in [-0.15, -0.1) is 0 Å². The molecule has 3 rings (SSSR count). The molecule has 1 N–H and O–H groups in total. The lowest BCUT2D eigenvalue weighted by molar-refractivity contribution is -0.110. The minimum absolute atomic E-state index is 0.162. The van der Waals surface area contributed by atoms with Gasteiger partial charge >= 0.3 is 0 Å². The first kappa shape index (κ1) is 12.5. The van der Waals surface area contributed by atoms with E-state index in [1.165, 1.54) is 0 Å². The highest BCUT2D eigenvalue weighted by atomic mass is 35.5. The van der Waals surface area contributed by atoms with Gasteiger partial charge in [0.25, 0.3) is 5.91 Å². The van der Waals surface area contributed by atoms with Crippen LogP contribution in [-0.2, 0) is 4.79 Å². The quantitative estimate of drug-likeness (QED) is 0.810. The standard InChI is InChI=1S/C16H9ClN2O/c17-12-4-5-13-14(16(20)19-15(13)8-12)7-10-2-1-3-11(6-10)9-18/h1-8H,(H,19,20)/b14-7-. The van der Waals surface area contributed by atoms with Crippen LogP contribution in [0.5, 0.6) is 0 Å². The van der Waals surface area contributed by atoms with Gasteiger partial charge in [0.1, 0.15) is 0 Å². The third-order valence-corrected chi connectivity index (χ3v) is 3.33. The molecule has 0 aliphatic carbocycles. The molecule has 0 spiro atoms. The monoisotopic (exact) mass is 280 g/mol. The van der Waals surface area contributed by atoms with E-state index in [1.807, 2.05) is 12.1 Å². The summed E-state index contributed by atoms with van der Waals surface area (Å²) in [6.45, 7) is 0. The van der Waals surface area contributed by atoms with E-state index in [0.29, 0.717) is 21.8 Å². The maximum absolute atomic E-state index is 12.0. The number of nitrogens with zero attached hydrogens (tertiary/aromatic N) is 1. The van der Waals surface area contributed by atoms with Crippen LogP contribution in [-0.4, -0.2) is 5.91 Å². The third-order valence-electron chi connectivity index (χ3n) is 3.09. The normalized spacial score (nSPS) is 14.8. The van der Waals surface area contributed by atoms with E-state index in [-0.39, 0.29) is 5.91 Å². The van der Waals surface area contributed by atoms with Gasteiger partial charge in [0.15, 0.2) is 0 Å². The Morgan fingerprint density at radius 3 is 2.85 bits per heavy atom. The van der Waals surface area contributed by atoms with Gasteiger partial charge in [-0.05, 0) is 35.9 Å². The summed E-state index contributed by atoms with van der Waals surface area (Å²) in [5.41, 5.74) is 3.49. The second kappa shape index (κ2) is 4.84. The van der Waals surface area contributed by atoms with Crippen molar-refractivity contribution in [3.8, 4) is 6.07 Å². The number of hydrogen-bond acceptors (Lipinski definition) is 2. The first-order valence-electron chi connectivity index (χ1n) is 6.00. The summed E-state index contributed by atoms with van der Waals surface area (Å²) in [6.07, 6.45) is 1.77. The lowest BCUT2D eigenvalue weighted by Gasteiger charge is -1.99. The van der Waals surface area contributed by atoms with E-state index in [9.17, 15) is 4.79 Å². The number of fused-ring (bicyclic) bond motifs is 1. The van der Waals surface area contributed by atoms with Crippen molar-refractivity contribution in [2.45, 2.75) is 0 Å². The fourth-order valence-corrected chi connectivity index (χ4v) is 2.35. The summed E-state index contributed by atoms with van der Waals surface area (Å²) in [7, 11) is 0. The minimum Gasteiger partial charge on any atom is -0.321 e. The molecule has 0 unspecified atom stereocenters. The largest absolute Gasteiger partial charge is 0.321 e. The van der Waals surface area contributed by atoms with E-state index < -0.39 is 0 Å². The number of nitriles is 1.